The monoisotopic (exact) mass is 220 g/mol. The van der Waals surface area contributed by atoms with Crippen LogP contribution in [-0.4, -0.2) is 26.2 Å². The van der Waals surface area contributed by atoms with Crippen LogP contribution >= 0.6 is 0 Å². The number of benzene rings is 1. The normalized spacial score (nSPS) is 12.8. The standard InChI is InChI=1S/C14H24N2/c1-11-5-6-14(9-12(11)2)7-8-16-13(3)10-15-4/h5-6,9,13,15-16H,7-8,10H2,1-4H3. The SMILES string of the molecule is CNCC(C)NCCc1ccc(C)c(C)c1. The third kappa shape index (κ3) is 4.33. The molecule has 0 aliphatic heterocycles. The van der Waals surface area contributed by atoms with Crippen molar-refractivity contribution in [3.63, 3.8) is 0 Å². The molecular weight excluding hydrogens is 196 g/mol. The second-order valence-electron chi connectivity index (χ2n) is 4.58. The van der Waals surface area contributed by atoms with Gasteiger partial charge in [-0.3, -0.25) is 0 Å². The molecule has 0 spiro atoms. The van der Waals surface area contributed by atoms with Gasteiger partial charge in [0.2, 0.25) is 0 Å². The maximum absolute atomic E-state index is 3.50. The molecule has 0 heterocycles. The third-order valence-electron chi connectivity index (χ3n) is 2.99. The van der Waals surface area contributed by atoms with Crippen molar-refractivity contribution in [3.05, 3.63) is 34.9 Å². The lowest BCUT2D eigenvalue weighted by molar-refractivity contribution is 0.526. The van der Waals surface area contributed by atoms with E-state index in [1.54, 1.807) is 0 Å². The van der Waals surface area contributed by atoms with Crippen molar-refractivity contribution in [2.45, 2.75) is 33.2 Å². The molecule has 90 valence electrons. The highest BCUT2D eigenvalue weighted by Gasteiger charge is 2.00. The van der Waals surface area contributed by atoms with E-state index in [0.29, 0.717) is 6.04 Å². The molecule has 0 aliphatic rings. The van der Waals surface area contributed by atoms with Crippen molar-refractivity contribution in [2.24, 2.45) is 0 Å². The minimum absolute atomic E-state index is 0.538. The van der Waals surface area contributed by atoms with E-state index >= 15 is 0 Å². The molecule has 0 radical (unpaired) electrons. The molecule has 2 heteroatoms. The van der Waals surface area contributed by atoms with E-state index in [1.165, 1.54) is 16.7 Å². The Morgan fingerprint density at radius 2 is 1.94 bits per heavy atom. The van der Waals surface area contributed by atoms with E-state index in [2.05, 4.69) is 49.6 Å². The summed E-state index contributed by atoms with van der Waals surface area (Å²) in [4.78, 5) is 0. The Kier molecular flexibility index (Phi) is 5.50. The predicted octanol–water partition coefficient (Wildman–Crippen LogP) is 2.04. The topological polar surface area (TPSA) is 24.1 Å². The molecular formula is C14H24N2. The van der Waals surface area contributed by atoms with Gasteiger partial charge in [0.15, 0.2) is 0 Å². The minimum Gasteiger partial charge on any atom is -0.318 e. The first kappa shape index (κ1) is 13.2. The highest BCUT2D eigenvalue weighted by atomic mass is 15.0. The zero-order valence-corrected chi connectivity index (χ0v) is 10.9. The van der Waals surface area contributed by atoms with Crippen LogP contribution < -0.4 is 10.6 Å². The Morgan fingerprint density at radius 1 is 1.19 bits per heavy atom. The van der Waals surface area contributed by atoms with Crippen molar-refractivity contribution < 1.29 is 0 Å². The van der Waals surface area contributed by atoms with Gasteiger partial charge in [0, 0.05) is 12.6 Å². The maximum Gasteiger partial charge on any atom is 0.0164 e. The summed E-state index contributed by atoms with van der Waals surface area (Å²) in [5.74, 6) is 0. The van der Waals surface area contributed by atoms with Crippen LogP contribution in [0.15, 0.2) is 18.2 Å². The van der Waals surface area contributed by atoms with Crippen molar-refractivity contribution in [1.82, 2.24) is 10.6 Å². The van der Waals surface area contributed by atoms with Gasteiger partial charge in [0.25, 0.3) is 0 Å². The van der Waals surface area contributed by atoms with Crippen molar-refractivity contribution in [2.75, 3.05) is 20.1 Å². The zero-order valence-electron chi connectivity index (χ0n) is 10.9. The molecule has 1 aromatic rings. The fourth-order valence-electron chi connectivity index (χ4n) is 1.80. The zero-order chi connectivity index (χ0) is 12.0. The van der Waals surface area contributed by atoms with Gasteiger partial charge in [0.1, 0.15) is 0 Å². The lowest BCUT2D eigenvalue weighted by atomic mass is 10.0. The molecule has 1 atom stereocenters. The first-order valence-electron chi connectivity index (χ1n) is 6.07. The van der Waals surface area contributed by atoms with Gasteiger partial charge in [-0.1, -0.05) is 18.2 Å². The van der Waals surface area contributed by atoms with Crippen molar-refractivity contribution in [3.8, 4) is 0 Å². The molecule has 0 aliphatic carbocycles. The van der Waals surface area contributed by atoms with E-state index in [-0.39, 0.29) is 0 Å². The fourth-order valence-corrected chi connectivity index (χ4v) is 1.80. The first-order valence-corrected chi connectivity index (χ1v) is 6.07. The molecule has 0 amide bonds. The van der Waals surface area contributed by atoms with E-state index < -0.39 is 0 Å². The van der Waals surface area contributed by atoms with Crippen LogP contribution in [0.4, 0.5) is 0 Å². The summed E-state index contributed by atoms with van der Waals surface area (Å²) in [5, 5.41) is 6.67. The molecule has 1 unspecified atom stereocenters. The average molecular weight is 220 g/mol. The van der Waals surface area contributed by atoms with Crippen molar-refractivity contribution in [1.29, 1.82) is 0 Å². The van der Waals surface area contributed by atoms with E-state index in [1.807, 2.05) is 7.05 Å². The molecule has 1 rings (SSSR count). The number of nitrogens with one attached hydrogen (secondary N) is 2. The van der Waals surface area contributed by atoms with Crippen LogP contribution in [0.1, 0.15) is 23.6 Å². The summed E-state index contributed by atoms with van der Waals surface area (Å²) in [6.45, 7) is 8.61. The number of likely N-dealkylation sites (N-methyl/N-ethyl adjacent to an activating group) is 1. The Hall–Kier alpha value is -0.860. The number of hydrogen-bond donors (Lipinski definition) is 2. The quantitative estimate of drug-likeness (QED) is 0.766. The molecule has 0 aromatic heterocycles. The Balaban J connectivity index is 2.34. The van der Waals surface area contributed by atoms with Crippen LogP contribution in [0, 0.1) is 13.8 Å². The van der Waals surface area contributed by atoms with Crippen molar-refractivity contribution >= 4 is 0 Å². The van der Waals surface area contributed by atoms with Crippen LogP contribution in [0.3, 0.4) is 0 Å². The summed E-state index contributed by atoms with van der Waals surface area (Å²) in [6.07, 6.45) is 1.11. The van der Waals surface area contributed by atoms with Gasteiger partial charge in [-0.25, -0.2) is 0 Å². The second-order valence-corrected chi connectivity index (χ2v) is 4.58. The van der Waals surface area contributed by atoms with Gasteiger partial charge in [-0.05, 0) is 57.5 Å². The third-order valence-corrected chi connectivity index (χ3v) is 2.99. The second kappa shape index (κ2) is 6.66. The Morgan fingerprint density at radius 3 is 2.56 bits per heavy atom. The Labute approximate surface area is 99.5 Å². The van der Waals surface area contributed by atoms with E-state index in [4.69, 9.17) is 0 Å². The summed E-state index contributed by atoms with van der Waals surface area (Å²) >= 11 is 0. The molecule has 1 aromatic carbocycles. The lowest BCUT2D eigenvalue weighted by Gasteiger charge is -2.13. The van der Waals surface area contributed by atoms with Crippen LogP contribution in [0.2, 0.25) is 0 Å². The van der Waals surface area contributed by atoms with Crippen LogP contribution in [-0.2, 0) is 6.42 Å². The highest BCUT2D eigenvalue weighted by molar-refractivity contribution is 5.30. The van der Waals surface area contributed by atoms with Crippen LogP contribution in [0.5, 0.6) is 0 Å². The Bertz CT molecular complexity index is 321. The van der Waals surface area contributed by atoms with Gasteiger partial charge in [-0.2, -0.15) is 0 Å². The minimum atomic E-state index is 0.538. The summed E-state index contributed by atoms with van der Waals surface area (Å²) in [7, 11) is 1.99. The molecule has 0 saturated heterocycles. The predicted molar refractivity (Wildman–Crippen MR) is 71.0 cm³/mol. The lowest BCUT2D eigenvalue weighted by Crippen LogP contribution is -2.35. The molecule has 0 fully saturated rings. The van der Waals surface area contributed by atoms with E-state index in [9.17, 15) is 0 Å². The molecule has 2 N–H and O–H groups in total. The molecule has 16 heavy (non-hydrogen) atoms. The van der Waals surface area contributed by atoms with Crippen LogP contribution in [0.25, 0.3) is 0 Å². The first-order chi connectivity index (χ1) is 7.63. The van der Waals surface area contributed by atoms with Gasteiger partial charge >= 0.3 is 0 Å². The molecule has 2 nitrogen and oxygen atoms in total. The summed E-state index contributed by atoms with van der Waals surface area (Å²) in [6, 6.07) is 7.27. The fraction of sp³-hybridized carbons (Fsp3) is 0.571. The average Bonchev–Trinajstić information content (AvgIpc) is 2.24. The summed E-state index contributed by atoms with van der Waals surface area (Å²) in [5.41, 5.74) is 4.19. The molecule has 0 saturated carbocycles. The number of hydrogen-bond acceptors (Lipinski definition) is 2. The highest BCUT2D eigenvalue weighted by Crippen LogP contribution is 2.09. The number of aryl methyl sites for hydroxylation is 2. The van der Waals surface area contributed by atoms with Gasteiger partial charge in [-0.15, -0.1) is 0 Å². The maximum atomic E-state index is 3.50. The smallest absolute Gasteiger partial charge is 0.0164 e. The largest absolute Gasteiger partial charge is 0.318 e. The number of rotatable bonds is 6. The van der Waals surface area contributed by atoms with E-state index in [0.717, 1.165) is 19.5 Å². The summed E-state index contributed by atoms with van der Waals surface area (Å²) < 4.78 is 0. The van der Waals surface area contributed by atoms with Gasteiger partial charge in [0.05, 0.1) is 0 Å². The molecule has 0 bridgehead atoms. The van der Waals surface area contributed by atoms with Gasteiger partial charge < -0.3 is 10.6 Å².